The van der Waals surface area contributed by atoms with Gasteiger partial charge in [0.2, 0.25) is 5.88 Å². The molecule has 2 aliphatic rings. The molecule has 9 nitrogen and oxygen atoms in total. The number of carboxylic acids is 1. The molecule has 45 heavy (non-hydrogen) atoms. The van der Waals surface area contributed by atoms with E-state index in [0.717, 1.165) is 68.9 Å². The molecule has 4 aromatic rings. The Kier molecular flexibility index (Phi) is 9.19. The summed E-state index contributed by atoms with van der Waals surface area (Å²) in [7, 11) is 0. The van der Waals surface area contributed by atoms with E-state index in [2.05, 4.69) is 29.1 Å². The van der Waals surface area contributed by atoms with Gasteiger partial charge in [-0.1, -0.05) is 37.3 Å². The summed E-state index contributed by atoms with van der Waals surface area (Å²) in [5.74, 6) is 0.305. The van der Waals surface area contributed by atoms with Crippen LogP contribution < -0.4 is 9.47 Å². The predicted molar refractivity (Wildman–Crippen MR) is 172 cm³/mol. The van der Waals surface area contributed by atoms with Gasteiger partial charge in [0, 0.05) is 37.9 Å². The minimum atomic E-state index is -1.10. The van der Waals surface area contributed by atoms with Crippen molar-refractivity contribution in [1.29, 1.82) is 0 Å². The number of benzene rings is 2. The average Bonchev–Trinajstić information content (AvgIpc) is 3.49. The third kappa shape index (κ3) is 6.46. The number of carbonyl (C=O) groups is 1. The summed E-state index contributed by atoms with van der Waals surface area (Å²) < 4.78 is 19.6. The Morgan fingerprint density at radius 3 is 2.69 bits per heavy atom. The lowest BCUT2D eigenvalue weighted by Gasteiger charge is -2.38. The molecule has 0 saturated carbocycles. The highest BCUT2D eigenvalue weighted by Crippen LogP contribution is 2.35. The Morgan fingerprint density at radius 2 is 1.91 bits per heavy atom. The Labute approximate surface area is 264 Å². The lowest BCUT2D eigenvalue weighted by molar-refractivity contribution is 0.0290. The maximum Gasteiger partial charge on any atom is 0.342 e. The molecule has 4 heterocycles. The van der Waals surface area contributed by atoms with E-state index in [1.54, 1.807) is 6.07 Å². The van der Waals surface area contributed by atoms with E-state index < -0.39 is 5.97 Å². The van der Waals surface area contributed by atoms with Crippen molar-refractivity contribution in [2.75, 3.05) is 19.8 Å². The number of hydrogen-bond donors (Lipinski definition) is 1. The molecular formula is C36H42N4O5. The number of carboxylic acid groups (broad SMARTS) is 1. The number of aryl methyl sites for hydroxylation is 1. The molecular weight excluding hydrogens is 568 g/mol. The van der Waals surface area contributed by atoms with Gasteiger partial charge in [-0.05, 0) is 92.5 Å². The first-order valence-corrected chi connectivity index (χ1v) is 15.9. The number of aromatic nitrogens is 3. The average molecular weight is 611 g/mol. The normalized spacial score (nSPS) is 16.3. The number of ether oxygens (including phenoxy) is 3. The van der Waals surface area contributed by atoms with Crippen molar-refractivity contribution in [3.05, 3.63) is 88.1 Å². The monoisotopic (exact) mass is 610 g/mol. The molecule has 1 unspecified atom stereocenters. The quantitative estimate of drug-likeness (QED) is 0.216. The lowest BCUT2D eigenvalue weighted by Crippen LogP contribution is -2.42. The third-order valence-corrected chi connectivity index (χ3v) is 9.19. The molecule has 0 aliphatic carbocycles. The minimum absolute atomic E-state index is 0.00112. The van der Waals surface area contributed by atoms with Crippen molar-refractivity contribution in [2.45, 2.75) is 78.7 Å². The summed E-state index contributed by atoms with van der Waals surface area (Å²) in [6.45, 7) is 12.4. The minimum Gasteiger partial charge on any atom is -0.488 e. The SMILES string of the molecule is CCC(C)Oc1c(C(=O)O)cnn1-c1cccc(-c2cccc(C)c2OCc2ccc3c(c2C)CCN(C2CCOCC2)C3)n1. The number of nitrogens with zero attached hydrogens (tertiary/aromatic N) is 4. The van der Waals surface area contributed by atoms with Gasteiger partial charge in [-0.3, -0.25) is 4.90 Å². The topological polar surface area (TPSA) is 98.9 Å². The van der Waals surface area contributed by atoms with Crippen LogP contribution >= 0.6 is 0 Å². The van der Waals surface area contributed by atoms with Gasteiger partial charge in [0.05, 0.1) is 18.0 Å². The van der Waals surface area contributed by atoms with Gasteiger partial charge in [-0.25, -0.2) is 9.78 Å². The van der Waals surface area contributed by atoms with Crippen molar-refractivity contribution in [2.24, 2.45) is 0 Å². The second-order valence-electron chi connectivity index (χ2n) is 12.1. The molecule has 2 aromatic heterocycles. The largest absolute Gasteiger partial charge is 0.488 e. The van der Waals surface area contributed by atoms with Crippen molar-refractivity contribution in [3.8, 4) is 28.7 Å². The van der Waals surface area contributed by atoms with Gasteiger partial charge in [-0.2, -0.15) is 9.78 Å². The molecule has 9 heteroatoms. The fraction of sp³-hybridized carbons (Fsp3) is 0.417. The van der Waals surface area contributed by atoms with E-state index in [0.29, 0.717) is 24.2 Å². The molecule has 236 valence electrons. The summed E-state index contributed by atoms with van der Waals surface area (Å²) in [5, 5.41) is 14.1. The summed E-state index contributed by atoms with van der Waals surface area (Å²) in [6.07, 6.45) is 5.14. The number of rotatable bonds is 10. The van der Waals surface area contributed by atoms with Crippen molar-refractivity contribution < 1.29 is 24.1 Å². The molecule has 1 N–H and O–H groups in total. The third-order valence-electron chi connectivity index (χ3n) is 9.19. The molecule has 1 saturated heterocycles. The van der Waals surface area contributed by atoms with Crippen LogP contribution in [-0.4, -0.2) is 62.6 Å². The number of pyridine rings is 1. The number of aromatic carboxylic acids is 1. The molecule has 2 aromatic carbocycles. The second kappa shape index (κ2) is 13.4. The van der Waals surface area contributed by atoms with Crippen LogP contribution in [-0.2, 0) is 24.3 Å². The Morgan fingerprint density at radius 1 is 1.11 bits per heavy atom. The fourth-order valence-electron chi connectivity index (χ4n) is 6.35. The maximum absolute atomic E-state index is 11.9. The van der Waals surface area contributed by atoms with Crippen LogP contribution in [0.1, 0.15) is 71.3 Å². The number of hydrogen-bond acceptors (Lipinski definition) is 7. The van der Waals surface area contributed by atoms with Crippen LogP contribution in [0.2, 0.25) is 0 Å². The van der Waals surface area contributed by atoms with E-state index in [4.69, 9.17) is 19.2 Å². The van der Waals surface area contributed by atoms with E-state index >= 15 is 0 Å². The smallest absolute Gasteiger partial charge is 0.342 e. The molecule has 6 rings (SSSR count). The highest BCUT2D eigenvalue weighted by atomic mass is 16.5. The van der Waals surface area contributed by atoms with E-state index in [-0.39, 0.29) is 17.5 Å². The summed E-state index contributed by atoms with van der Waals surface area (Å²) in [5.41, 5.74) is 7.94. The van der Waals surface area contributed by atoms with E-state index in [1.807, 2.05) is 51.1 Å². The molecule has 1 atom stereocenters. The van der Waals surface area contributed by atoms with Gasteiger partial charge in [0.25, 0.3) is 0 Å². The van der Waals surface area contributed by atoms with Crippen LogP contribution in [0, 0.1) is 13.8 Å². The summed E-state index contributed by atoms with van der Waals surface area (Å²) in [4.78, 5) is 19.4. The standard InChI is InChI=1S/C36H42N4O5/c1-5-24(3)45-35-31(36(41)42)20-37-40(35)33-11-7-10-32(38-33)30-9-6-8-23(2)34(30)44-22-27-13-12-26-21-39(17-14-29(26)25(27)4)28-15-18-43-19-16-28/h6-13,20,24,28H,5,14-19,21-22H2,1-4H3,(H,41,42). The van der Waals surface area contributed by atoms with Gasteiger partial charge in [-0.15, -0.1) is 0 Å². The van der Waals surface area contributed by atoms with Crippen LogP contribution in [0.25, 0.3) is 17.1 Å². The Bertz CT molecular complexity index is 1680. The second-order valence-corrected chi connectivity index (χ2v) is 12.1. The lowest BCUT2D eigenvalue weighted by atomic mass is 9.90. The van der Waals surface area contributed by atoms with Crippen LogP contribution in [0.4, 0.5) is 0 Å². The van der Waals surface area contributed by atoms with Gasteiger partial charge in [0.15, 0.2) is 5.82 Å². The zero-order chi connectivity index (χ0) is 31.5. The molecule has 0 spiro atoms. The molecule has 0 amide bonds. The zero-order valence-corrected chi connectivity index (χ0v) is 26.6. The van der Waals surface area contributed by atoms with Crippen molar-refractivity contribution >= 4 is 5.97 Å². The first-order chi connectivity index (χ1) is 21.8. The van der Waals surface area contributed by atoms with Gasteiger partial charge in [0.1, 0.15) is 17.9 Å². The van der Waals surface area contributed by atoms with E-state index in [1.165, 1.54) is 33.1 Å². The number of fused-ring (bicyclic) bond motifs is 1. The molecule has 2 aliphatic heterocycles. The Balaban J connectivity index is 1.25. The highest BCUT2D eigenvalue weighted by molar-refractivity contribution is 5.90. The first-order valence-electron chi connectivity index (χ1n) is 15.9. The van der Waals surface area contributed by atoms with Crippen LogP contribution in [0.15, 0.2) is 54.7 Å². The van der Waals surface area contributed by atoms with Gasteiger partial charge < -0.3 is 19.3 Å². The fourth-order valence-corrected chi connectivity index (χ4v) is 6.35. The predicted octanol–water partition coefficient (Wildman–Crippen LogP) is 6.54. The zero-order valence-electron chi connectivity index (χ0n) is 26.6. The maximum atomic E-state index is 11.9. The van der Waals surface area contributed by atoms with Crippen LogP contribution in [0.3, 0.4) is 0 Å². The van der Waals surface area contributed by atoms with E-state index in [9.17, 15) is 9.90 Å². The molecule has 0 bridgehead atoms. The molecule has 0 radical (unpaired) electrons. The van der Waals surface area contributed by atoms with Crippen molar-refractivity contribution in [3.63, 3.8) is 0 Å². The van der Waals surface area contributed by atoms with Crippen LogP contribution in [0.5, 0.6) is 11.6 Å². The summed E-state index contributed by atoms with van der Waals surface area (Å²) in [6, 6.07) is 16.8. The first kappa shape index (κ1) is 30.8. The highest BCUT2D eigenvalue weighted by Gasteiger charge is 2.27. The Hall–Kier alpha value is -4.21. The summed E-state index contributed by atoms with van der Waals surface area (Å²) >= 11 is 0. The number of para-hydroxylation sites is 1. The van der Waals surface area contributed by atoms with Crippen molar-refractivity contribution in [1.82, 2.24) is 19.7 Å². The van der Waals surface area contributed by atoms with Gasteiger partial charge >= 0.3 is 5.97 Å². The molecule has 1 fully saturated rings.